The van der Waals surface area contributed by atoms with Crippen molar-refractivity contribution in [2.45, 2.75) is 36.5 Å². The second kappa shape index (κ2) is 6.84. The van der Waals surface area contributed by atoms with Crippen molar-refractivity contribution >= 4 is 23.8 Å². The number of amides is 2. The molecule has 0 heterocycles. The van der Waals surface area contributed by atoms with Crippen molar-refractivity contribution in [2.75, 3.05) is 19.4 Å². The first kappa shape index (κ1) is 15.1. The number of aliphatic hydroxyl groups excluding tert-OH is 1. The highest BCUT2D eigenvalue weighted by molar-refractivity contribution is 8.00. The van der Waals surface area contributed by atoms with Gasteiger partial charge in [-0.15, -0.1) is 0 Å². The molecule has 6 nitrogen and oxygen atoms in total. The number of carbonyl (C=O) groups excluding carboxylic acids is 1. The van der Waals surface area contributed by atoms with Crippen LogP contribution in [-0.4, -0.2) is 52.4 Å². The third-order valence-electron chi connectivity index (χ3n) is 3.29. The van der Waals surface area contributed by atoms with Gasteiger partial charge < -0.3 is 20.8 Å². The van der Waals surface area contributed by atoms with Gasteiger partial charge in [-0.05, 0) is 19.1 Å². The number of aliphatic carboxylic acids is 1. The topological polar surface area (TPSA) is 98.7 Å². The Hall–Kier alpha value is -0.950. The zero-order valence-electron chi connectivity index (χ0n) is 10.4. The van der Waals surface area contributed by atoms with Crippen LogP contribution in [0.15, 0.2) is 0 Å². The quantitative estimate of drug-likeness (QED) is 0.540. The fourth-order valence-corrected chi connectivity index (χ4v) is 2.77. The maximum atomic E-state index is 11.6. The summed E-state index contributed by atoms with van der Waals surface area (Å²) in [6.07, 6.45) is 5.36. The fraction of sp³-hybridized carbons (Fsp3) is 0.818. The molecule has 1 unspecified atom stereocenters. The number of carbonyl (C=O) groups is 2. The molecule has 0 bridgehead atoms. The van der Waals surface area contributed by atoms with Crippen LogP contribution in [0.2, 0.25) is 0 Å². The van der Waals surface area contributed by atoms with Crippen LogP contribution in [0.25, 0.3) is 0 Å². The van der Waals surface area contributed by atoms with E-state index < -0.39 is 18.0 Å². The van der Waals surface area contributed by atoms with Crippen LogP contribution in [0.5, 0.6) is 0 Å². The van der Waals surface area contributed by atoms with Crippen molar-refractivity contribution in [1.82, 2.24) is 10.6 Å². The number of aliphatic hydroxyl groups is 1. The zero-order valence-corrected chi connectivity index (χ0v) is 11.3. The van der Waals surface area contributed by atoms with E-state index in [-0.39, 0.29) is 17.8 Å². The Morgan fingerprint density at radius 2 is 2.11 bits per heavy atom. The molecule has 1 rings (SSSR count). The molecular weight excluding hydrogens is 256 g/mol. The Morgan fingerprint density at radius 3 is 2.50 bits per heavy atom. The molecule has 2 amide bonds. The fourth-order valence-electron chi connectivity index (χ4n) is 1.86. The first-order valence-electron chi connectivity index (χ1n) is 5.96. The monoisotopic (exact) mass is 276 g/mol. The Labute approximate surface area is 111 Å². The van der Waals surface area contributed by atoms with Gasteiger partial charge in [0.1, 0.15) is 6.04 Å². The predicted molar refractivity (Wildman–Crippen MR) is 69.8 cm³/mol. The number of hydrogen-bond acceptors (Lipinski definition) is 4. The lowest BCUT2D eigenvalue weighted by Gasteiger charge is -2.40. The number of rotatable bonds is 7. The van der Waals surface area contributed by atoms with Crippen LogP contribution in [0.1, 0.15) is 25.7 Å². The lowest BCUT2D eigenvalue weighted by atomic mass is 9.84. The van der Waals surface area contributed by atoms with E-state index in [9.17, 15) is 9.59 Å². The summed E-state index contributed by atoms with van der Waals surface area (Å²) in [5, 5.41) is 22.6. The molecule has 4 N–H and O–H groups in total. The molecule has 104 valence electrons. The van der Waals surface area contributed by atoms with Crippen LogP contribution in [0.3, 0.4) is 0 Å². The van der Waals surface area contributed by atoms with Crippen molar-refractivity contribution < 1.29 is 19.8 Å². The Morgan fingerprint density at radius 1 is 1.44 bits per heavy atom. The second-order valence-corrected chi connectivity index (χ2v) is 5.75. The molecule has 1 aliphatic carbocycles. The number of hydrogen-bond donors (Lipinski definition) is 4. The summed E-state index contributed by atoms with van der Waals surface area (Å²) in [5.41, 5.74) is 0. The maximum Gasteiger partial charge on any atom is 0.326 e. The van der Waals surface area contributed by atoms with Crippen LogP contribution in [0, 0.1) is 0 Å². The predicted octanol–water partition coefficient (Wildman–Crippen LogP) is 0.407. The number of carboxylic acids is 1. The molecule has 1 atom stereocenters. The summed E-state index contributed by atoms with van der Waals surface area (Å²) in [6, 6.07) is -1.53. The van der Waals surface area contributed by atoms with Gasteiger partial charge in [0.05, 0.1) is 0 Å². The molecule has 18 heavy (non-hydrogen) atoms. The summed E-state index contributed by atoms with van der Waals surface area (Å²) in [4.78, 5) is 22.4. The average molecular weight is 276 g/mol. The molecule has 0 radical (unpaired) electrons. The van der Waals surface area contributed by atoms with Gasteiger partial charge in [-0.3, -0.25) is 0 Å². The van der Waals surface area contributed by atoms with E-state index in [0.29, 0.717) is 6.54 Å². The summed E-state index contributed by atoms with van der Waals surface area (Å²) in [5.74, 6) is -1.14. The highest BCUT2D eigenvalue weighted by Crippen LogP contribution is 2.42. The van der Waals surface area contributed by atoms with E-state index >= 15 is 0 Å². The van der Waals surface area contributed by atoms with Gasteiger partial charge in [0, 0.05) is 24.3 Å². The van der Waals surface area contributed by atoms with Crippen molar-refractivity contribution in [3.05, 3.63) is 0 Å². The Balaban J connectivity index is 2.33. The lowest BCUT2D eigenvalue weighted by Crippen LogP contribution is -2.51. The number of nitrogens with one attached hydrogen (secondary N) is 2. The largest absolute Gasteiger partial charge is 0.480 e. The standard InChI is InChI=1S/C11H20N2O4S/c1-18-11(4-2-5-11)7-12-10(17)13-8(3-6-14)9(15)16/h8,14H,2-7H2,1H3,(H,15,16)(H2,12,13,17). The van der Waals surface area contributed by atoms with E-state index in [4.69, 9.17) is 10.2 Å². The summed E-state index contributed by atoms with van der Waals surface area (Å²) in [7, 11) is 0. The van der Waals surface area contributed by atoms with Gasteiger partial charge in [-0.2, -0.15) is 11.8 Å². The van der Waals surface area contributed by atoms with Crippen LogP contribution >= 0.6 is 11.8 Å². The summed E-state index contributed by atoms with van der Waals surface area (Å²) in [6.45, 7) is 0.275. The molecule has 1 saturated carbocycles. The van der Waals surface area contributed by atoms with E-state index in [1.807, 2.05) is 6.26 Å². The number of thioether (sulfide) groups is 1. The minimum atomic E-state index is -1.14. The first-order chi connectivity index (χ1) is 8.53. The minimum absolute atomic E-state index is 0.0103. The molecule has 7 heteroatoms. The average Bonchev–Trinajstić information content (AvgIpc) is 2.27. The molecule has 0 aliphatic heterocycles. The van der Waals surface area contributed by atoms with Gasteiger partial charge in [-0.1, -0.05) is 6.42 Å². The normalized spacial score (nSPS) is 18.6. The highest BCUT2D eigenvalue weighted by Gasteiger charge is 2.36. The third-order valence-corrected chi connectivity index (χ3v) is 4.71. The Bertz CT molecular complexity index is 302. The third kappa shape index (κ3) is 4.06. The minimum Gasteiger partial charge on any atom is -0.480 e. The van der Waals surface area contributed by atoms with Gasteiger partial charge in [-0.25, -0.2) is 9.59 Å². The van der Waals surface area contributed by atoms with Crippen LogP contribution in [-0.2, 0) is 4.79 Å². The SMILES string of the molecule is CSC1(CNC(=O)NC(CCO)C(=O)O)CCC1. The van der Waals surface area contributed by atoms with Crippen LogP contribution < -0.4 is 10.6 Å². The van der Waals surface area contributed by atoms with E-state index in [0.717, 1.165) is 12.8 Å². The van der Waals surface area contributed by atoms with Gasteiger partial charge >= 0.3 is 12.0 Å². The molecule has 1 fully saturated rings. The molecular formula is C11H20N2O4S. The molecule has 0 aromatic rings. The van der Waals surface area contributed by atoms with Gasteiger partial charge in [0.2, 0.25) is 0 Å². The van der Waals surface area contributed by atoms with Crippen LogP contribution in [0.4, 0.5) is 4.79 Å². The van der Waals surface area contributed by atoms with Gasteiger partial charge in [0.15, 0.2) is 0 Å². The van der Waals surface area contributed by atoms with E-state index in [1.54, 1.807) is 11.8 Å². The first-order valence-corrected chi connectivity index (χ1v) is 7.19. The van der Waals surface area contributed by atoms with E-state index in [2.05, 4.69) is 10.6 Å². The van der Waals surface area contributed by atoms with Crippen molar-refractivity contribution in [1.29, 1.82) is 0 Å². The van der Waals surface area contributed by atoms with Gasteiger partial charge in [0.25, 0.3) is 0 Å². The summed E-state index contributed by atoms with van der Waals surface area (Å²) < 4.78 is 0.118. The second-order valence-electron chi connectivity index (χ2n) is 4.47. The maximum absolute atomic E-state index is 11.6. The smallest absolute Gasteiger partial charge is 0.326 e. The molecule has 0 aromatic carbocycles. The molecule has 0 aromatic heterocycles. The highest BCUT2D eigenvalue weighted by atomic mass is 32.2. The number of carboxylic acid groups (broad SMARTS) is 1. The van der Waals surface area contributed by atoms with Crippen molar-refractivity contribution in [3.63, 3.8) is 0 Å². The van der Waals surface area contributed by atoms with Crippen molar-refractivity contribution in [3.8, 4) is 0 Å². The Kier molecular flexibility index (Phi) is 5.74. The van der Waals surface area contributed by atoms with Crippen molar-refractivity contribution in [2.24, 2.45) is 0 Å². The molecule has 1 aliphatic rings. The number of urea groups is 1. The summed E-state index contributed by atoms with van der Waals surface area (Å²) >= 11 is 1.74. The molecule has 0 saturated heterocycles. The zero-order chi connectivity index (χ0) is 13.6. The lowest BCUT2D eigenvalue weighted by molar-refractivity contribution is -0.139. The molecule has 0 spiro atoms. The van der Waals surface area contributed by atoms with E-state index in [1.165, 1.54) is 6.42 Å².